The highest BCUT2D eigenvalue weighted by Crippen LogP contribution is 2.39. The number of ether oxygens (including phenoxy) is 3. The monoisotopic (exact) mass is 216 g/mol. The fraction of sp³-hybridized carbons (Fsp3) is 0.909. The normalized spacial score (nSPS) is 20.5. The number of carbonyl (C=O) groups excluding carboxylic acids is 1. The van der Waals surface area contributed by atoms with Crippen molar-refractivity contribution >= 4 is 5.97 Å². The van der Waals surface area contributed by atoms with Crippen LogP contribution in [-0.2, 0) is 19.0 Å². The van der Waals surface area contributed by atoms with Gasteiger partial charge in [0.15, 0.2) is 0 Å². The Bertz CT molecular complexity index is 211. The molecule has 4 nitrogen and oxygen atoms in total. The maximum absolute atomic E-state index is 11.2. The Labute approximate surface area is 90.9 Å². The topological polar surface area (TPSA) is 44.8 Å². The van der Waals surface area contributed by atoms with Gasteiger partial charge in [0.2, 0.25) is 0 Å². The van der Waals surface area contributed by atoms with Crippen LogP contribution < -0.4 is 0 Å². The van der Waals surface area contributed by atoms with E-state index < -0.39 is 0 Å². The third kappa shape index (κ3) is 3.47. The van der Waals surface area contributed by atoms with E-state index in [2.05, 4.69) is 4.74 Å². The lowest BCUT2D eigenvalue weighted by molar-refractivity contribution is -0.172. The van der Waals surface area contributed by atoms with Crippen LogP contribution in [0.5, 0.6) is 0 Å². The molecule has 0 amide bonds. The predicted molar refractivity (Wildman–Crippen MR) is 55.6 cm³/mol. The van der Waals surface area contributed by atoms with Gasteiger partial charge in [-0.25, -0.2) is 0 Å². The van der Waals surface area contributed by atoms with Crippen molar-refractivity contribution in [2.45, 2.75) is 44.3 Å². The van der Waals surface area contributed by atoms with Crippen molar-refractivity contribution in [2.75, 3.05) is 20.8 Å². The van der Waals surface area contributed by atoms with Crippen LogP contribution in [0.3, 0.4) is 0 Å². The number of hydrogen-bond donors (Lipinski definition) is 0. The summed E-state index contributed by atoms with van der Waals surface area (Å²) in [6.07, 6.45) is 3.39. The first-order chi connectivity index (χ1) is 7.12. The molecule has 0 aromatic heterocycles. The fourth-order valence-corrected chi connectivity index (χ4v) is 1.94. The molecule has 1 aliphatic carbocycles. The minimum atomic E-state index is -0.287. The molecular formula is C11H20O4. The van der Waals surface area contributed by atoms with E-state index in [0.29, 0.717) is 13.0 Å². The summed E-state index contributed by atoms with van der Waals surface area (Å²) in [5.41, 5.74) is -0.287. The minimum absolute atomic E-state index is 0.0277. The first-order valence-corrected chi connectivity index (χ1v) is 5.35. The van der Waals surface area contributed by atoms with Crippen LogP contribution in [0.15, 0.2) is 0 Å². The van der Waals surface area contributed by atoms with Gasteiger partial charge in [-0.3, -0.25) is 4.79 Å². The molecule has 0 aliphatic heterocycles. The van der Waals surface area contributed by atoms with Crippen molar-refractivity contribution in [2.24, 2.45) is 0 Å². The van der Waals surface area contributed by atoms with Gasteiger partial charge in [0.25, 0.3) is 0 Å². The highest BCUT2D eigenvalue weighted by Gasteiger charge is 2.41. The molecule has 0 saturated heterocycles. The van der Waals surface area contributed by atoms with E-state index in [1.165, 1.54) is 7.11 Å². The lowest BCUT2D eigenvalue weighted by Crippen LogP contribution is -2.45. The van der Waals surface area contributed by atoms with Crippen LogP contribution in [0.25, 0.3) is 0 Å². The summed E-state index contributed by atoms with van der Waals surface area (Å²) in [6.45, 7) is 2.52. The average Bonchev–Trinajstić information content (AvgIpc) is 2.14. The van der Waals surface area contributed by atoms with E-state index in [1.54, 1.807) is 7.11 Å². The van der Waals surface area contributed by atoms with Crippen LogP contribution in [0.1, 0.15) is 32.6 Å². The maximum Gasteiger partial charge on any atom is 0.308 e. The predicted octanol–water partition coefficient (Wildman–Crippen LogP) is 1.52. The summed E-state index contributed by atoms with van der Waals surface area (Å²) < 4.78 is 15.5. The fourth-order valence-electron chi connectivity index (χ4n) is 1.94. The molecule has 1 fully saturated rings. The van der Waals surface area contributed by atoms with Gasteiger partial charge in [0.1, 0.15) is 0 Å². The molecule has 1 unspecified atom stereocenters. The highest BCUT2D eigenvalue weighted by atomic mass is 16.6. The summed E-state index contributed by atoms with van der Waals surface area (Å²) in [7, 11) is 3.06. The third-order valence-corrected chi connectivity index (χ3v) is 2.81. The molecule has 0 radical (unpaired) electrons. The number of methoxy groups -OCH3 is 2. The van der Waals surface area contributed by atoms with Gasteiger partial charge in [0.05, 0.1) is 31.8 Å². The molecule has 0 aromatic carbocycles. The second-order valence-corrected chi connectivity index (χ2v) is 4.17. The molecule has 4 heteroatoms. The quantitative estimate of drug-likeness (QED) is 0.631. The third-order valence-electron chi connectivity index (χ3n) is 2.81. The summed E-state index contributed by atoms with van der Waals surface area (Å²) in [6, 6.07) is 0. The maximum atomic E-state index is 11.2. The Kier molecular flexibility index (Phi) is 4.54. The van der Waals surface area contributed by atoms with Crippen LogP contribution in [0.4, 0.5) is 0 Å². The molecular weight excluding hydrogens is 196 g/mol. The Balaban J connectivity index is 2.42. The van der Waals surface area contributed by atoms with E-state index >= 15 is 0 Å². The van der Waals surface area contributed by atoms with Crippen LogP contribution in [0, 0.1) is 0 Å². The zero-order chi connectivity index (χ0) is 11.3. The summed E-state index contributed by atoms with van der Waals surface area (Å²) in [4.78, 5) is 11.2. The van der Waals surface area contributed by atoms with Crippen molar-refractivity contribution in [1.29, 1.82) is 0 Å². The van der Waals surface area contributed by atoms with E-state index in [9.17, 15) is 4.79 Å². The molecule has 1 saturated carbocycles. The smallest absolute Gasteiger partial charge is 0.308 e. The number of esters is 1. The van der Waals surface area contributed by atoms with Crippen molar-refractivity contribution in [3.8, 4) is 0 Å². The van der Waals surface area contributed by atoms with Crippen molar-refractivity contribution < 1.29 is 19.0 Å². The number of carbonyl (C=O) groups is 1. The van der Waals surface area contributed by atoms with Crippen LogP contribution >= 0.6 is 0 Å². The lowest BCUT2D eigenvalue weighted by Gasteiger charge is -2.42. The summed E-state index contributed by atoms with van der Waals surface area (Å²) in [5.74, 6) is -0.195. The molecule has 0 bridgehead atoms. The van der Waals surface area contributed by atoms with Gasteiger partial charge < -0.3 is 14.2 Å². The first kappa shape index (κ1) is 12.5. The summed E-state index contributed by atoms with van der Waals surface area (Å²) in [5, 5.41) is 0. The molecule has 0 aromatic rings. The van der Waals surface area contributed by atoms with Gasteiger partial charge in [-0.1, -0.05) is 0 Å². The molecule has 88 valence electrons. The van der Waals surface area contributed by atoms with Crippen molar-refractivity contribution in [3.63, 3.8) is 0 Å². The van der Waals surface area contributed by atoms with Gasteiger partial charge >= 0.3 is 5.97 Å². The zero-order valence-electron chi connectivity index (χ0n) is 9.75. The van der Waals surface area contributed by atoms with Crippen LogP contribution in [-0.4, -0.2) is 38.5 Å². The van der Waals surface area contributed by atoms with Gasteiger partial charge in [-0.2, -0.15) is 0 Å². The Hall–Kier alpha value is -0.610. The zero-order valence-corrected chi connectivity index (χ0v) is 9.75. The van der Waals surface area contributed by atoms with Gasteiger partial charge in [0, 0.05) is 7.11 Å². The molecule has 1 rings (SSSR count). The van der Waals surface area contributed by atoms with E-state index in [1.807, 2.05) is 6.92 Å². The highest BCUT2D eigenvalue weighted by molar-refractivity contribution is 5.70. The largest absolute Gasteiger partial charge is 0.469 e. The van der Waals surface area contributed by atoms with Gasteiger partial charge in [-0.15, -0.1) is 0 Å². The van der Waals surface area contributed by atoms with Crippen molar-refractivity contribution in [3.05, 3.63) is 0 Å². The van der Waals surface area contributed by atoms with E-state index in [4.69, 9.17) is 9.47 Å². The molecule has 0 heterocycles. The Morgan fingerprint density at radius 1 is 1.40 bits per heavy atom. The van der Waals surface area contributed by atoms with Gasteiger partial charge in [-0.05, 0) is 26.2 Å². The minimum Gasteiger partial charge on any atom is -0.469 e. The second kappa shape index (κ2) is 5.47. The molecule has 1 aliphatic rings. The standard InChI is InChI=1S/C11H20O4/c1-9(8-13-2)15-11(5-4-6-11)7-10(12)14-3/h9H,4-8H2,1-3H3. The number of rotatable bonds is 6. The van der Waals surface area contributed by atoms with E-state index in [-0.39, 0.29) is 17.7 Å². The first-order valence-electron chi connectivity index (χ1n) is 5.35. The summed E-state index contributed by atoms with van der Waals surface area (Å²) >= 11 is 0. The Morgan fingerprint density at radius 2 is 2.07 bits per heavy atom. The second-order valence-electron chi connectivity index (χ2n) is 4.17. The SMILES string of the molecule is COCC(C)OC1(CC(=O)OC)CCC1. The molecule has 15 heavy (non-hydrogen) atoms. The molecule has 0 spiro atoms. The molecule has 1 atom stereocenters. The van der Waals surface area contributed by atoms with Crippen molar-refractivity contribution in [1.82, 2.24) is 0 Å². The van der Waals surface area contributed by atoms with E-state index in [0.717, 1.165) is 19.3 Å². The number of hydrogen-bond acceptors (Lipinski definition) is 4. The van der Waals surface area contributed by atoms with Crippen LogP contribution in [0.2, 0.25) is 0 Å². The Morgan fingerprint density at radius 3 is 2.47 bits per heavy atom. The average molecular weight is 216 g/mol. The lowest BCUT2D eigenvalue weighted by atomic mass is 9.77. The molecule has 0 N–H and O–H groups in total.